The molecular weight excluding hydrogens is 258 g/mol. The second kappa shape index (κ2) is 6.62. The van der Waals surface area contributed by atoms with E-state index in [1.807, 2.05) is 31.2 Å². The lowest BCUT2D eigenvalue weighted by Crippen LogP contribution is -2.14. The van der Waals surface area contributed by atoms with Crippen LogP contribution in [0.25, 0.3) is 0 Å². The summed E-state index contributed by atoms with van der Waals surface area (Å²) in [5, 5.41) is 9.45. The number of rotatable bonds is 5. The Morgan fingerprint density at radius 2 is 1.70 bits per heavy atom. The van der Waals surface area contributed by atoms with E-state index >= 15 is 0 Å². The minimum Gasteiger partial charge on any atom is -0.396 e. The SMILES string of the molecule is Cc1ccc(CC(CO)Cc2cc(F)ccc2F)cc1. The van der Waals surface area contributed by atoms with Gasteiger partial charge in [0.15, 0.2) is 0 Å². The summed E-state index contributed by atoms with van der Waals surface area (Å²) in [5.41, 5.74) is 2.58. The van der Waals surface area contributed by atoms with Gasteiger partial charge >= 0.3 is 0 Å². The van der Waals surface area contributed by atoms with Crippen molar-refractivity contribution in [3.63, 3.8) is 0 Å². The summed E-state index contributed by atoms with van der Waals surface area (Å²) < 4.78 is 26.8. The molecule has 0 saturated heterocycles. The van der Waals surface area contributed by atoms with Crippen molar-refractivity contribution in [3.05, 3.63) is 70.8 Å². The molecule has 3 heteroatoms. The monoisotopic (exact) mass is 276 g/mol. The number of aliphatic hydroxyl groups excluding tert-OH is 1. The summed E-state index contributed by atoms with van der Waals surface area (Å²) in [4.78, 5) is 0. The van der Waals surface area contributed by atoms with Gasteiger partial charge < -0.3 is 5.11 Å². The quantitative estimate of drug-likeness (QED) is 0.883. The molecule has 0 aromatic heterocycles. The molecule has 2 rings (SSSR count). The Morgan fingerprint density at radius 3 is 2.35 bits per heavy atom. The van der Waals surface area contributed by atoms with Crippen LogP contribution in [-0.2, 0) is 12.8 Å². The maximum atomic E-state index is 13.6. The highest BCUT2D eigenvalue weighted by Crippen LogP contribution is 2.18. The first-order chi connectivity index (χ1) is 9.58. The average Bonchev–Trinajstić information content (AvgIpc) is 2.44. The van der Waals surface area contributed by atoms with Crippen LogP contribution in [0.15, 0.2) is 42.5 Å². The first kappa shape index (κ1) is 14.7. The molecule has 1 N–H and O–H groups in total. The Kier molecular flexibility index (Phi) is 4.85. The third-order valence-electron chi connectivity index (χ3n) is 3.42. The molecule has 0 aliphatic heterocycles. The molecule has 0 spiro atoms. The van der Waals surface area contributed by atoms with E-state index in [1.54, 1.807) is 0 Å². The van der Waals surface area contributed by atoms with E-state index in [0.29, 0.717) is 18.4 Å². The van der Waals surface area contributed by atoms with Crippen molar-refractivity contribution in [2.75, 3.05) is 6.61 Å². The van der Waals surface area contributed by atoms with Gasteiger partial charge in [0.1, 0.15) is 11.6 Å². The summed E-state index contributed by atoms with van der Waals surface area (Å²) >= 11 is 0. The van der Waals surface area contributed by atoms with Crippen molar-refractivity contribution < 1.29 is 13.9 Å². The van der Waals surface area contributed by atoms with Crippen molar-refractivity contribution >= 4 is 0 Å². The molecule has 0 bridgehead atoms. The molecule has 106 valence electrons. The number of aryl methyl sites for hydroxylation is 1. The van der Waals surface area contributed by atoms with E-state index < -0.39 is 11.6 Å². The number of halogens is 2. The van der Waals surface area contributed by atoms with Gasteiger partial charge in [-0.2, -0.15) is 0 Å². The fourth-order valence-corrected chi connectivity index (χ4v) is 2.27. The van der Waals surface area contributed by atoms with Crippen LogP contribution in [0.1, 0.15) is 16.7 Å². The van der Waals surface area contributed by atoms with Crippen LogP contribution in [-0.4, -0.2) is 11.7 Å². The average molecular weight is 276 g/mol. The molecule has 1 atom stereocenters. The predicted molar refractivity (Wildman–Crippen MR) is 75.5 cm³/mol. The highest BCUT2D eigenvalue weighted by atomic mass is 19.1. The highest BCUT2D eigenvalue weighted by molar-refractivity contribution is 5.23. The minimum absolute atomic E-state index is 0.0518. The number of hydrogen-bond donors (Lipinski definition) is 1. The van der Waals surface area contributed by atoms with Crippen LogP contribution in [0.5, 0.6) is 0 Å². The molecule has 0 aliphatic carbocycles. The highest BCUT2D eigenvalue weighted by Gasteiger charge is 2.13. The zero-order valence-corrected chi connectivity index (χ0v) is 11.4. The van der Waals surface area contributed by atoms with Gasteiger partial charge in [-0.1, -0.05) is 29.8 Å². The van der Waals surface area contributed by atoms with Gasteiger partial charge in [0, 0.05) is 6.61 Å². The molecule has 2 aromatic carbocycles. The summed E-state index contributed by atoms with van der Waals surface area (Å²) in [6, 6.07) is 11.4. The van der Waals surface area contributed by atoms with Gasteiger partial charge in [-0.25, -0.2) is 8.78 Å². The molecule has 1 unspecified atom stereocenters. The standard InChI is InChI=1S/C17H18F2O/c1-12-2-4-13(5-3-12)8-14(11-20)9-15-10-16(18)6-7-17(15)19/h2-7,10,14,20H,8-9,11H2,1H3. The van der Waals surface area contributed by atoms with Gasteiger partial charge in [0.25, 0.3) is 0 Å². The first-order valence-corrected chi connectivity index (χ1v) is 6.69. The third-order valence-corrected chi connectivity index (χ3v) is 3.42. The van der Waals surface area contributed by atoms with E-state index in [1.165, 1.54) is 11.6 Å². The lowest BCUT2D eigenvalue weighted by atomic mass is 9.92. The fourth-order valence-electron chi connectivity index (χ4n) is 2.27. The Morgan fingerprint density at radius 1 is 1.00 bits per heavy atom. The van der Waals surface area contributed by atoms with E-state index in [9.17, 15) is 13.9 Å². The van der Waals surface area contributed by atoms with Crippen LogP contribution in [0.4, 0.5) is 8.78 Å². The van der Waals surface area contributed by atoms with Gasteiger partial charge in [0.2, 0.25) is 0 Å². The zero-order chi connectivity index (χ0) is 14.5. The normalized spacial score (nSPS) is 12.4. The van der Waals surface area contributed by atoms with E-state index in [4.69, 9.17) is 0 Å². The lowest BCUT2D eigenvalue weighted by molar-refractivity contribution is 0.224. The molecule has 0 amide bonds. The van der Waals surface area contributed by atoms with Crippen LogP contribution >= 0.6 is 0 Å². The zero-order valence-electron chi connectivity index (χ0n) is 11.4. The molecule has 0 saturated carbocycles. The lowest BCUT2D eigenvalue weighted by Gasteiger charge is -2.15. The minimum atomic E-state index is -0.451. The summed E-state index contributed by atoms with van der Waals surface area (Å²) in [5.74, 6) is -0.990. The molecule has 0 heterocycles. The largest absolute Gasteiger partial charge is 0.396 e. The first-order valence-electron chi connectivity index (χ1n) is 6.69. The number of benzene rings is 2. The van der Waals surface area contributed by atoms with E-state index in [-0.39, 0.29) is 12.5 Å². The second-order valence-electron chi connectivity index (χ2n) is 5.18. The molecule has 0 radical (unpaired) electrons. The summed E-state index contributed by atoms with van der Waals surface area (Å²) in [6.07, 6.45) is 0.973. The Balaban J connectivity index is 2.08. The van der Waals surface area contributed by atoms with Gasteiger partial charge in [-0.15, -0.1) is 0 Å². The number of aliphatic hydroxyl groups is 1. The van der Waals surface area contributed by atoms with Crippen LogP contribution in [0.3, 0.4) is 0 Å². The molecule has 2 aromatic rings. The number of hydrogen-bond acceptors (Lipinski definition) is 1. The van der Waals surface area contributed by atoms with Crippen molar-refractivity contribution in [3.8, 4) is 0 Å². The van der Waals surface area contributed by atoms with Gasteiger partial charge in [0.05, 0.1) is 0 Å². The molecule has 0 fully saturated rings. The molecule has 20 heavy (non-hydrogen) atoms. The predicted octanol–water partition coefficient (Wildman–Crippen LogP) is 3.67. The van der Waals surface area contributed by atoms with Crippen molar-refractivity contribution in [2.24, 2.45) is 5.92 Å². The van der Waals surface area contributed by atoms with Crippen LogP contribution in [0, 0.1) is 24.5 Å². The molecule has 0 aliphatic rings. The van der Waals surface area contributed by atoms with Crippen molar-refractivity contribution in [1.29, 1.82) is 0 Å². The third kappa shape index (κ3) is 3.87. The Hall–Kier alpha value is -1.74. The van der Waals surface area contributed by atoms with Gasteiger partial charge in [-0.3, -0.25) is 0 Å². The van der Waals surface area contributed by atoms with Crippen LogP contribution in [0.2, 0.25) is 0 Å². The van der Waals surface area contributed by atoms with Gasteiger partial charge in [-0.05, 0) is 55.0 Å². The van der Waals surface area contributed by atoms with E-state index in [2.05, 4.69) is 0 Å². The summed E-state index contributed by atoms with van der Waals surface area (Å²) in [7, 11) is 0. The smallest absolute Gasteiger partial charge is 0.126 e. The maximum absolute atomic E-state index is 13.6. The topological polar surface area (TPSA) is 20.2 Å². The van der Waals surface area contributed by atoms with Crippen molar-refractivity contribution in [1.82, 2.24) is 0 Å². The Labute approximate surface area is 117 Å². The van der Waals surface area contributed by atoms with Crippen LogP contribution < -0.4 is 0 Å². The second-order valence-corrected chi connectivity index (χ2v) is 5.18. The Bertz CT molecular complexity index is 564. The molecular formula is C17H18F2O. The summed E-state index contributed by atoms with van der Waals surface area (Å²) in [6.45, 7) is 1.96. The van der Waals surface area contributed by atoms with E-state index in [0.717, 1.165) is 17.7 Å². The fraction of sp³-hybridized carbons (Fsp3) is 0.294. The maximum Gasteiger partial charge on any atom is 0.126 e. The molecule has 1 nitrogen and oxygen atoms in total. The van der Waals surface area contributed by atoms with Crippen molar-refractivity contribution in [2.45, 2.75) is 19.8 Å².